The maximum atomic E-state index is 12.2. The predicted octanol–water partition coefficient (Wildman–Crippen LogP) is 2.71. The quantitative estimate of drug-likeness (QED) is 0.580. The van der Waals surface area contributed by atoms with Gasteiger partial charge in [0.1, 0.15) is 5.54 Å². The standard InChI is InChI=1S/C16H29N3O2/c1-3-4-5-7-10-16(2)14(20)17-15(21)19(16)13-18-11-8-6-9-12-18/h3-13H2,1-2H3,(H,17,20,21). The summed E-state index contributed by atoms with van der Waals surface area (Å²) in [5.41, 5.74) is -0.664. The maximum absolute atomic E-state index is 12.2. The van der Waals surface area contributed by atoms with E-state index < -0.39 is 5.54 Å². The van der Waals surface area contributed by atoms with Gasteiger partial charge in [0.2, 0.25) is 0 Å². The molecule has 0 bridgehead atoms. The molecule has 0 radical (unpaired) electrons. The number of unbranched alkanes of at least 4 members (excludes halogenated alkanes) is 3. The molecule has 3 amide bonds. The van der Waals surface area contributed by atoms with Gasteiger partial charge < -0.3 is 0 Å². The van der Waals surface area contributed by atoms with Gasteiger partial charge in [-0.05, 0) is 39.3 Å². The Kier molecular flexibility index (Phi) is 5.62. The maximum Gasteiger partial charge on any atom is 0.326 e. The van der Waals surface area contributed by atoms with Gasteiger partial charge in [-0.25, -0.2) is 4.79 Å². The zero-order valence-electron chi connectivity index (χ0n) is 13.5. The largest absolute Gasteiger partial charge is 0.326 e. The van der Waals surface area contributed by atoms with Crippen LogP contribution >= 0.6 is 0 Å². The van der Waals surface area contributed by atoms with Crippen molar-refractivity contribution in [1.29, 1.82) is 0 Å². The topological polar surface area (TPSA) is 52.7 Å². The summed E-state index contributed by atoms with van der Waals surface area (Å²) in [5.74, 6) is -0.124. The summed E-state index contributed by atoms with van der Waals surface area (Å²) in [7, 11) is 0. The van der Waals surface area contributed by atoms with E-state index in [4.69, 9.17) is 0 Å². The SMILES string of the molecule is CCCCCCC1(C)C(=O)NC(=O)N1CN1CCCCC1. The van der Waals surface area contributed by atoms with Crippen LogP contribution in [0.5, 0.6) is 0 Å². The molecule has 5 nitrogen and oxygen atoms in total. The zero-order valence-corrected chi connectivity index (χ0v) is 13.5. The van der Waals surface area contributed by atoms with E-state index in [-0.39, 0.29) is 11.9 Å². The monoisotopic (exact) mass is 295 g/mol. The summed E-state index contributed by atoms with van der Waals surface area (Å²) in [5, 5.41) is 2.51. The molecule has 0 aliphatic carbocycles. The molecule has 21 heavy (non-hydrogen) atoms. The van der Waals surface area contributed by atoms with Crippen molar-refractivity contribution in [3.05, 3.63) is 0 Å². The highest BCUT2D eigenvalue weighted by atomic mass is 16.2. The number of piperidine rings is 1. The van der Waals surface area contributed by atoms with Crippen molar-refractivity contribution < 1.29 is 9.59 Å². The summed E-state index contributed by atoms with van der Waals surface area (Å²) in [4.78, 5) is 28.4. The molecule has 1 N–H and O–H groups in total. The Hall–Kier alpha value is -1.10. The lowest BCUT2D eigenvalue weighted by molar-refractivity contribution is -0.127. The number of carbonyl (C=O) groups excluding carboxylic acids is 2. The normalized spacial score (nSPS) is 27.2. The van der Waals surface area contributed by atoms with Crippen molar-refractivity contribution in [2.45, 2.75) is 70.8 Å². The van der Waals surface area contributed by atoms with Gasteiger partial charge >= 0.3 is 6.03 Å². The van der Waals surface area contributed by atoms with Crippen LogP contribution in [0.1, 0.15) is 65.2 Å². The summed E-state index contributed by atoms with van der Waals surface area (Å²) in [6, 6.07) is -0.219. The van der Waals surface area contributed by atoms with Gasteiger partial charge in [0.25, 0.3) is 5.91 Å². The number of hydrogen-bond donors (Lipinski definition) is 1. The summed E-state index contributed by atoms with van der Waals surface area (Å²) in [6.07, 6.45) is 8.92. The van der Waals surface area contributed by atoms with E-state index in [1.807, 2.05) is 6.92 Å². The molecule has 120 valence electrons. The fourth-order valence-corrected chi connectivity index (χ4v) is 3.31. The van der Waals surface area contributed by atoms with Crippen LogP contribution in [-0.2, 0) is 4.79 Å². The molecule has 2 aliphatic heterocycles. The first kappa shape index (κ1) is 16.3. The molecule has 1 unspecified atom stereocenters. The Morgan fingerprint density at radius 2 is 1.81 bits per heavy atom. The lowest BCUT2D eigenvalue weighted by Gasteiger charge is -2.37. The van der Waals surface area contributed by atoms with Gasteiger partial charge in [0.15, 0.2) is 0 Å². The lowest BCUT2D eigenvalue weighted by atomic mass is 9.93. The van der Waals surface area contributed by atoms with Crippen LogP contribution in [0.15, 0.2) is 0 Å². The van der Waals surface area contributed by atoms with Crippen molar-refractivity contribution in [3.63, 3.8) is 0 Å². The molecule has 0 spiro atoms. The number of carbonyl (C=O) groups is 2. The molecule has 2 saturated heterocycles. The van der Waals surface area contributed by atoms with Crippen molar-refractivity contribution >= 4 is 11.9 Å². The smallest absolute Gasteiger partial charge is 0.297 e. The molecule has 5 heteroatoms. The molecule has 1 atom stereocenters. The third-order valence-corrected chi connectivity index (χ3v) is 4.86. The molecule has 2 aliphatic rings. The Bertz CT molecular complexity index is 380. The number of hydrogen-bond acceptors (Lipinski definition) is 3. The average molecular weight is 295 g/mol. The molecule has 0 aromatic carbocycles. The number of likely N-dealkylation sites (tertiary alicyclic amines) is 1. The van der Waals surface area contributed by atoms with Crippen LogP contribution in [0.25, 0.3) is 0 Å². The second kappa shape index (κ2) is 7.25. The fourth-order valence-electron chi connectivity index (χ4n) is 3.31. The number of nitrogens with one attached hydrogen (secondary N) is 1. The number of amides is 3. The highest BCUT2D eigenvalue weighted by molar-refractivity contribution is 6.06. The molecule has 2 fully saturated rings. The van der Waals surface area contributed by atoms with Gasteiger partial charge in [-0.2, -0.15) is 0 Å². The summed E-state index contributed by atoms with van der Waals surface area (Å²) < 4.78 is 0. The highest BCUT2D eigenvalue weighted by Gasteiger charge is 2.49. The van der Waals surface area contributed by atoms with Gasteiger partial charge in [0, 0.05) is 0 Å². The first-order chi connectivity index (χ1) is 10.1. The van der Waals surface area contributed by atoms with E-state index in [0.29, 0.717) is 6.67 Å². The molecule has 0 aromatic heterocycles. The Labute approximate surface area is 128 Å². The minimum atomic E-state index is -0.664. The number of nitrogens with zero attached hydrogens (tertiary/aromatic N) is 2. The van der Waals surface area contributed by atoms with Gasteiger partial charge in [-0.1, -0.05) is 39.0 Å². The molecular formula is C16H29N3O2. The molecular weight excluding hydrogens is 266 g/mol. The third kappa shape index (κ3) is 3.76. The number of urea groups is 1. The second-order valence-electron chi connectivity index (χ2n) is 6.59. The minimum Gasteiger partial charge on any atom is -0.297 e. The zero-order chi connectivity index (χ0) is 15.3. The van der Waals surface area contributed by atoms with E-state index in [9.17, 15) is 9.59 Å². The fraction of sp³-hybridized carbons (Fsp3) is 0.875. The minimum absolute atomic E-state index is 0.124. The first-order valence-corrected chi connectivity index (χ1v) is 8.43. The highest BCUT2D eigenvalue weighted by Crippen LogP contribution is 2.28. The molecule has 0 aromatic rings. The van der Waals surface area contributed by atoms with Crippen LogP contribution in [-0.4, -0.2) is 47.0 Å². The van der Waals surface area contributed by atoms with E-state index in [1.165, 1.54) is 32.1 Å². The molecule has 0 saturated carbocycles. The van der Waals surface area contributed by atoms with Crippen molar-refractivity contribution in [2.24, 2.45) is 0 Å². The van der Waals surface area contributed by atoms with E-state index in [2.05, 4.69) is 17.1 Å². The van der Waals surface area contributed by atoms with Crippen LogP contribution in [0.2, 0.25) is 0 Å². The molecule has 2 rings (SSSR count). The molecule has 2 heterocycles. The van der Waals surface area contributed by atoms with E-state index in [0.717, 1.165) is 32.4 Å². The van der Waals surface area contributed by atoms with Crippen molar-refractivity contribution in [1.82, 2.24) is 15.1 Å². The van der Waals surface area contributed by atoms with Crippen molar-refractivity contribution in [2.75, 3.05) is 19.8 Å². The number of imide groups is 1. The Morgan fingerprint density at radius 1 is 1.10 bits per heavy atom. The Morgan fingerprint density at radius 3 is 2.48 bits per heavy atom. The van der Waals surface area contributed by atoms with Crippen LogP contribution in [0.4, 0.5) is 4.79 Å². The first-order valence-electron chi connectivity index (χ1n) is 8.43. The van der Waals surface area contributed by atoms with Gasteiger partial charge in [-0.15, -0.1) is 0 Å². The van der Waals surface area contributed by atoms with Crippen LogP contribution in [0, 0.1) is 0 Å². The summed E-state index contributed by atoms with van der Waals surface area (Å²) in [6.45, 7) is 6.74. The predicted molar refractivity (Wildman–Crippen MR) is 82.8 cm³/mol. The van der Waals surface area contributed by atoms with Gasteiger partial charge in [0.05, 0.1) is 6.67 Å². The van der Waals surface area contributed by atoms with E-state index in [1.54, 1.807) is 4.90 Å². The van der Waals surface area contributed by atoms with E-state index >= 15 is 0 Å². The average Bonchev–Trinajstić information content (AvgIpc) is 2.69. The Balaban J connectivity index is 1.97. The lowest BCUT2D eigenvalue weighted by Crippen LogP contribution is -2.52. The third-order valence-electron chi connectivity index (χ3n) is 4.86. The summed E-state index contributed by atoms with van der Waals surface area (Å²) >= 11 is 0. The van der Waals surface area contributed by atoms with Crippen molar-refractivity contribution in [3.8, 4) is 0 Å². The second-order valence-corrected chi connectivity index (χ2v) is 6.59. The van der Waals surface area contributed by atoms with Crippen LogP contribution in [0.3, 0.4) is 0 Å². The number of rotatable bonds is 7. The van der Waals surface area contributed by atoms with Crippen LogP contribution < -0.4 is 5.32 Å². The van der Waals surface area contributed by atoms with Gasteiger partial charge in [-0.3, -0.25) is 19.9 Å².